The predicted molar refractivity (Wildman–Crippen MR) is 337 cm³/mol. The van der Waals surface area contributed by atoms with Gasteiger partial charge in [0.1, 0.15) is 23.0 Å². The third-order valence-corrected chi connectivity index (χ3v) is 11.1. The van der Waals surface area contributed by atoms with Gasteiger partial charge < -0.3 is 155 Å². The quantitative estimate of drug-likeness (QED) is 0.0481. The molecule has 14 N–H and O–H groups in total. The minimum atomic E-state index is -1.75. The Hall–Kier alpha value is -9.47. The van der Waals surface area contributed by atoms with E-state index in [1.807, 2.05) is 121 Å². The molecule has 2 radical (unpaired) electrons. The van der Waals surface area contributed by atoms with Gasteiger partial charge in [-0.2, -0.15) is 0 Å². The summed E-state index contributed by atoms with van der Waals surface area (Å²) in [5.74, 6) is 1.42. The van der Waals surface area contributed by atoms with Crippen LogP contribution in [0.15, 0.2) is 194 Å². The topological polar surface area (TPSA) is 628 Å². The van der Waals surface area contributed by atoms with E-state index in [1.54, 1.807) is 24.3 Å². The molecule has 38 heteroatoms. The number of rotatable bonds is 20. The van der Waals surface area contributed by atoms with Crippen LogP contribution < -0.4 is 60.6 Å². The average molecular weight is 1560 g/mol. The minimum Gasteiger partial charge on any atom is -0.870 e. The van der Waals surface area contributed by atoms with E-state index in [0.29, 0.717) is 49.2 Å². The zero-order valence-electron chi connectivity index (χ0n) is 52.2. The van der Waals surface area contributed by atoms with E-state index in [1.165, 1.54) is 50.7 Å². The number of hydrogen-bond donors (Lipinski definition) is 4. The summed E-state index contributed by atoms with van der Waals surface area (Å²) in [5, 5.41) is 120. The van der Waals surface area contributed by atoms with Gasteiger partial charge >= 0.3 is 66.0 Å². The standard InChI is InChI=1S/4C15H17NO2.4NO3.4Ni.6H2O/c4*1-18-14-9-5-8-13(15(14)17)11-16-10-12-6-3-2-4-7-12;4*2-1(3)4;;;;;;;;;;/h4*2-9,16-17H,10-11H2,1H3;;;;;;;;;6*1H2/q;;;;4*-1;2*+2;2*+3;;;;;;/p-6. The summed E-state index contributed by atoms with van der Waals surface area (Å²) in [7, 11) is 6.05. The van der Waals surface area contributed by atoms with E-state index >= 15 is 0 Å². The largest absolute Gasteiger partial charge is 3.00 e. The van der Waals surface area contributed by atoms with Crippen LogP contribution in [0.2, 0.25) is 0 Å². The van der Waals surface area contributed by atoms with Gasteiger partial charge in [0.2, 0.25) is 0 Å². The van der Waals surface area contributed by atoms with Crippen molar-refractivity contribution in [1.29, 1.82) is 0 Å². The Labute approximate surface area is 603 Å². The molecule has 0 heterocycles. The maximum absolute atomic E-state index is 11.9. The first-order valence-electron chi connectivity index (χ1n) is 25.7. The van der Waals surface area contributed by atoms with E-state index in [9.17, 15) is 20.4 Å². The summed E-state index contributed by atoms with van der Waals surface area (Å²) >= 11 is 0. The normalized spacial score (nSPS) is 8.53. The number of methoxy groups -OCH3 is 4. The van der Waals surface area contributed by atoms with Gasteiger partial charge in [-0.25, -0.2) is 0 Å². The van der Waals surface area contributed by atoms with E-state index in [2.05, 4.69) is 69.8 Å². The van der Waals surface area contributed by atoms with E-state index in [4.69, 9.17) is 80.2 Å². The first-order valence-corrected chi connectivity index (χ1v) is 25.7. The number of nitrogens with zero attached hydrogens (tertiary/aromatic N) is 4. The molecule has 0 saturated heterocycles. The first kappa shape index (κ1) is 110. The van der Waals surface area contributed by atoms with Gasteiger partial charge in [0.15, 0.2) is 0 Å². The summed E-state index contributed by atoms with van der Waals surface area (Å²) in [4.78, 5) is 33.0. The van der Waals surface area contributed by atoms with Gasteiger partial charge in [-0.15, -0.1) is 0 Å². The van der Waals surface area contributed by atoms with Crippen LogP contribution in [0.25, 0.3) is 0 Å². The number of nitrogens with one attached hydrogen (secondary N) is 4. The fourth-order valence-electron chi connectivity index (χ4n) is 7.19. The van der Waals surface area contributed by atoms with Crippen LogP contribution in [-0.4, -0.2) is 81.6 Å². The molecule has 0 aliphatic carbocycles. The summed E-state index contributed by atoms with van der Waals surface area (Å²) in [5.41, 5.74) is 7.72. The second-order valence-corrected chi connectivity index (χ2v) is 17.0. The maximum atomic E-state index is 11.9. The van der Waals surface area contributed by atoms with Crippen molar-refractivity contribution in [3.8, 4) is 46.0 Å². The van der Waals surface area contributed by atoms with Crippen LogP contribution in [0.4, 0.5) is 0 Å². The van der Waals surface area contributed by atoms with Gasteiger partial charge in [-0.1, -0.05) is 193 Å². The molecule has 8 rings (SSSR count). The van der Waals surface area contributed by atoms with E-state index in [-0.39, 0.29) is 122 Å². The van der Waals surface area contributed by atoms with E-state index in [0.717, 1.165) is 48.4 Å². The third-order valence-electron chi connectivity index (χ3n) is 11.1. The summed E-state index contributed by atoms with van der Waals surface area (Å²) in [6.07, 6.45) is 0. The zero-order chi connectivity index (χ0) is 65.5. The number of para-hydroxylation sites is 4. The van der Waals surface area contributed by atoms with Crippen molar-refractivity contribution in [3.05, 3.63) is 300 Å². The molecule has 0 aliphatic heterocycles. The molecule has 0 aromatic heterocycles. The van der Waals surface area contributed by atoms with Gasteiger partial charge in [0, 0.05) is 52.4 Å². The molecule has 0 fully saturated rings. The predicted octanol–water partition coefficient (Wildman–Crippen LogP) is 3.62. The molecule has 0 atom stereocenters. The van der Waals surface area contributed by atoms with Crippen molar-refractivity contribution < 1.29 is 159 Å². The fourth-order valence-corrected chi connectivity index (χ4v) is 7.19. The van der Waals surface area contributed by atoms with Crippen LogP contribution in [0, 0.1) is 61.3 Å². The van der Waals surface area contributed by atoms with Crippen molar-refractivity contribution in [2.45, 2.75) is 52.4 Å². The van der Waals surface area contributed by atoms with Crippen molar-refractivity contribution >= 4 is 0 Å². The number of ether oxygens (including phenoxy) is 4. The Kier molecular flexibility index (Phi) is 75.8. The van der Waals surface area contributed by atoms with Crippen molar-refractivity contribution in [3.63, 3.8) is 0 Å². The van der Waals surface area contributed by atoms with Crippen LogP contribution in [0.5, 0.6) is 46.0 Å². The molecule has 98 heavy (non-hydrogen) atoms. The minimum absolute atomic E-state index is 0. The second kappa shape index (κ2) is 67.5. The van der Waals surface area contributed by atoms with Crippen molar-refractivity contribution in [1.82, 2.24) is 21.3 Å². The summed E-state index contributed by atoms with van der Waals surface area (Å²) in [6.45, 7) is 5.18. The molecule has 0 unspecified atom stereocenters. The third kappa shape index (κ3) is 51.8. The van der Waals surface area contributed by atoms with Crippen molar-refractivity contribution in [2.75, 3.05) is 28.4 Å². The molecule has 550 valence electrons. The Morgan fingerprint density at radius 3 is 0.551 bits per heavy atom. The molecular weight excluding hydrogens is 1480 g/mol. The van der Waals surface area contributed by atoms with Crippen molar-refractivity contribution in [2.24, 2.45) is 0 Å². The number of hydrogen-bond acceptors (Lipinski definition) is 26. The SMILES string of the molecule is COc1cccc(CNCc2ccccc2)c1[O-].COc1cccc(CNCc2ccccc2)c1[O-].COc1cccc(CNCc2ccccc2)c1[O-].COc1cccc(CNCc2ccccc2)c1[O-].O.O.O.O.O=[N+]([O-])[O-].O=[N+]([O-])[O-].O=[N+]([O-])[O-].O=[N+]([O-])[O-].[Ni+2].[Ni+2].[Ni+3].[Ni+3].[OH-].[OH-]. The Morgan fingerprint density at radius 1 is 0.276 bits per heavy atom. The Balaban J connectivity index is -0.000000119. The molecule has 0 spiro atoms. The molecule has 0 amide bonds. The molecule has 8 aromatic rings. The molecule has 0 bridgehead atoms. The zero-order valence-corrected chi connectivity index (χ0v) is 56.2. The Morgan fingerprint density at radius 2 is 0.418 bits per heavy atom. The smallest absolute Gasteiger partial charge is 0.870 e. The Bertz CT molecular complexity index is 2810. The monoisotopic (exact) mass is 1550 g/mol. The van der Waals surface area contributed by atoms with Gasteiger partial charge in [-0.05, 0) is 68.8 Å². The molecule has 8 aromatic carbocycles. The molecular formula is C60H74N8Ni4O26. The summed E-state index contributed by atoms with van der Waals surface area (Å²) in [6, 6.07) is 61.7. The van der Waals surface area contributed by atoms with E-state index < -0.39 is 20.3 Å². The molecule has 0 aliphatic rings. The van der Waals surface area contributed by atoms with Crippen LogP contribution >= 0.6 is 0 Å². The van der Waals surface area contributed by atoms with Crippen LogP contribution in [0.3, 0.4) is 0 Å². The first-order chi connectivity index (χ1) is 42.2. The average Bonchev–Trinajstić information content (AvgIpc) is 0.905. The van der Waals surface area contributed by atoms with Gasteiger partial charge in [0.25, 0.3) is 0 Å². The van der Waals surface area contributed by atoms with Crippen LogP contribution in [-0.2, 0) is 118 Å². The van der Waals surface area contributed by atoms with Gasteiger partial charge in [-0.3, -0.25) is 0 Å². The molecule has 0 saturated carbocycles. The maximum Gasteiger partial charge on any atom is 3.00 e. The molecule has 34 nitrogen and oxygen atoms in total. The number of benzene rings is 8. The summed E-state index contributed by atoms with van der Waals surface area (Å²) < 4.78 is 20.0. The fraction of sp³-hybridized carbons (Fsp3) is 0.200. The second-order valence-electron chi connectivity index (χ2n) is 17.0. The van der Waals surface area contributed by atoms with Gasteiger partial charge in [0.05, 0.1) is 48.8 Å². The van der Waals surface area contributed by atoms with Crippen LogP contribution in [0.1, 0.15) is 44.5 Å².